The van der Waals surface area contributed by atoms with Crippen LogP contribution >= 0.6 is 0 Å². The molecule has 3 rings (SSSR count). The molecule has 7 heteroatoms. The molecule has 0 aliphatic heterocycles. The molecule has 0 bridgehead atoms. The van der Waals surface area contributed by atoms with E-state index < -0.39 is 17.5 Å². The van der Waals surface area contributed by atoms with E-state index in [1.165, 1.54) is 30.5 Å². The number of hydrogen-bond acceptors (Lipinski definition) is 2. The molecule has 1 aromatic heterocycles. The summed E-state index contributed by atoms with van der Waals surface area (Å²) in [6.45, 7) is 3.35. The van der Waals surface area contributed by atoms with Gasteiger partial charge in [0, 0.05) is 17.1 Å². The normalized spacial score (nSPS) is 10.8. The van der Waals surface area contributed by atoms with Gasteiger partial charge in [-0.25, -0.2) is 8.78 Å². The van der Waals surface area contributed by atoms with Gasteiger partial charge in [-0.05, 0) is 60.9 Å². The maximum absolute atomic E-state index is 14.5. The Kier molecular flexibility index (Phi) is 4.38. The van der Waals surface area contributed by atoms with Gasteiger partial charge < -0.3 is 11.5 Å². The molecule has 0 atom stereocenters. The minimum atomic E-state index is -0.686. The predicted octanol–water partition coefficient (Wildman–Crippen LogP) is 3.21. The van der Waals surface area contributed by atoms with E-state index in [0.717, 1.165) is 0 Å². The molecule has 132 valence electrons. The van der Waals surface area contributed by atoms with Gasteiger partial charge in [0.1, 0.15) is 11.6 Å². The van der Waals surface area contributed by atoms with Crippen molar-refractivity contribution in [2.24, 2.45) is 16.5 Å². The van der Waals surface area contributed by atoms with Crippen molar-refractivity contribution in [3.8, 4) is 11.1 Å². The highest BCUT2D eigenvalue weighted by Gasteiger charge is 2.18. The summed E-state index contributed by atoms with van der Waals surface area (Å²) in [6, 6.07) is 7.08. The Hall–Kier alpha value is -3.35. The lowest BCUT2D eigenvalue weighted by Crippen LogP contribution is -2.24. The van der Waals surface area contributed by atoms with Gasteiger partial charge in [0.05, 0.1) is 11.1 Å². The number of pyridine rings is 1. The summed E-state index contributed by atoms with van der Waals surface area (Å²) in [5.74, 6) is -2.38. The lowest BCUT2D eigenvalue weighted by atomic mass is 9.96. The fourth-order valence-electron chi connectivity index (χ4n) is 2.91. The number of fused-ring (bicyclic) bond motifs is 1. The van der Waals surface area contributed by atoms with Crippen molar-refractivity contribution in [1.29, 1.82) is 0 Å². The Morgan fingerprint density at radius 3 is 2.35 bits per heavy atom. The summed E-state index contributed by atoms with van der Waals surface area (Å²) in [5, 5.41) is 0.434. The van der Waals surface area contributed by atoms with Gasteiger partial charge in [0.2, 0.25) is 0 Å². The number of guanidine groups is 1. The molecule has 0 saturated carbocycles. The first-order chi connectivity index (χ1) is 12.3. The van der Waals surface area contributed by atoms with Gasteiger partial charge >= 0.3 is 0 Å². The molecule has 0 spiro atoms. The highest BCUT2D eigenvalue weighted by Crippen LogP contribution is 2.34. The van der Waals surface area contributed by atoms with E-state index in [1.807, 2.05) is 0 Å². The number of hydrogen-bond donors (Lipinski definition) is 2. The molecule has 0 unspecified atom stereocenters. The minimum Gasteiger partial charge on any atom is -0.370 e. The number of carbonyl (C=O) groups excluding carboxylic acids is 1. The molecular weight excluding hydrogens is 338 g/mol. The third kappa shape index (κ3) is 3.11. The summed E-state index contributed by atoms with van der Waals surface area (Å²) in [4.78, 5) is 19.9. The van der Waals surface area contributed by atoms with E-state index in [-0.39, 0.29) is 17.1 Å². The van der Waals surface area contributed by atoms with Crippen molar-refractivity contribution in [3.63, 3.8) is 0 Å². The Labute approximate surface area is 148 Å². The van der Waals surface area contributed by atoms with Crippen LogP contribution in [0.2, 0.25) is 0 Å². The standard InChI is InChI=1S/C19H16F2N4O/c1-9-5-14(20)16(15(21)6-9)12-3-4-24-17-10(2)7-11(8-13(12)17)18(26)25-19(22)23/h3-8H,1-2H3,(H4,22,23,25,26). The fraction of sp³-hybridized carbons (Fsp3) is 0.105. The zero-order valence-corrected chi connectivity index (χ0v) is 14.2. The first-order valence-corrected chi connectivity index (χ1v) is 7.77. The molecule has 1 heterocycles. The van der Waals surface area contributed by atoms with Gasteiger partial charge in [-0.15, -0.1) is 0 Å². The van der Waals surface area contributed by atoms with Crippen LogP contribution in [0.15, 0.2) is 41.5 Å². The Bertz CT molecular complexity index is 1050. The minimum absolute atomic E-state index is 0.172. The van der Waals surface area contributed by atoms with E-state index in [2.05, 4.69) is 9.98 Å². The number of aryl methyl sites for hydroxylation is 2. The van der Waals surface area contributed by atoms with Crippen molar-refractivity contribution >= 4 is 22.8 Å². The SMILES string of the molecule is Cc1cc(F)c(-c2ccnc3c(C)cc(C(=O)N=C(N)N)cc23)c(F)c1. The second kappa shape index (κ2) is 6.51. The molecule has 0 aliphatic carbocycles. The third-order valence-corrected chi connectivity index (χ3v) is 3.97. The summed E-state index contributed by atoms with van der Waals surface area (Å²) in [7, 11) is 0. The van der Waals surface area contributed by atoms with Crippen LogP contribution in [-0.2, 0) is 0 Å². The van der Waals surface area contributed by atoms with Crippen molar-refractivity contribution < 1.29 is 13.6 Å². The van der Waals surface area contributed by atoms with Crippen LogP contribution in [0.1, 0.15) is 21.5 Å². The molecule has 0 fully saturated rings. The number of nitrogens with two attached hydrogens (primary N) is 2. The third-order valence-electron chi connectivity index (χ3n) is 3.97. The molecule has 3 aromatic rings. The van der Waals surface area contributed by atoms with E-state index >= 15 is 0 Å². The van der Waals surface area contributed by atoms with Crippen molar-refractivity contribution in [3.05, 3.63) is 64.9 Å². The largest absolute Gasteiger partial charge is 0.370 e. The van der Waals surface area contributed by atoms with Crippen LogP contribution in [0.4, 0.5) is 8.78 Å². The summed E-state index contributed by atoms with van der Waals surface area (Å²) >= 11 is 0. The lowest BCUT2D eigenvalue weighted by molar-refractivity contribution is 0.100. The molecule has 2 aromatic carbocycles. The van der Waals surface area contributed by atoms with E-state index in [9.17, 15) is 13.6 Å². The number of rotatable bonds is 2. The Balaban J connectivity index is 2.33. The molecule has 4 N–H and O–H groups in total. The predicted molar refractivity (Wildman–Crippen MR) is 96.7 cm³/mol. The van der Waals surface area contributed by atoms with E-state index in [1.54, 1.807) is 19.9 Å². The lowest BCUT2D eigenvalue weighted by Gasteiger charge is -2.12. The van der Waals surface area contributed by atoms with Gasteiger partial charge in [0.25, 0.3) is 5.91 Å². The molecule has 26 heavy (non-hydrogen) atoms. The number of halogens is 2. The fourth-order valence-corrected chi connectivity index (χ4v) is 2.91. The number of carbonyl (C=O) groups is 1. The average Bonchev–Trinajstić information content (AvgIpc) is 2.53. The van der Waals surface area contributed by atoms with Gasteiger partial charge in [0.15, 0.2) is 5.96 Å². The average molecular weight is 354 g/mol. The Morgan fingerprint density at radius 1 is 1.08 bits per heavy atom. The number of aromatic nitrogens is 1. The van der Waals surface area contributed by atoms with Crippen LogP contribution in [0, 0.1) is 25.5 Å². The monoisotopic (exact) mass is 354 g/mol. The number of aliphatic imine (C=N–C) groups is 1. The first-order valence-electron chi connectivity index (χ1n) is 7.77. The summed E-state index contributed by atoms with van der Waals surface area (Å²) < 4.78 is 28.9. The second-order valence-electron chi connectivity index (χ2n) is 5.99. The highest BCUT2D eigenvalue weighted by molar-refractivity contribution is 6.06. The number of amides is 1. The zero-order valence-electron chi connectivity index (χ0n) is 14.2. The smallest absolute Gasteiger partial charge is 0.280 e. The van der Waals surface area contributed by atoms with Gasteiger partial charge in [-0.1, -0.05) is 0 Å². The first kappa shape index (κ1) is 17.5. The van der Waals surface area contributed by atoms with Crippen LogP contribution in [-0.4, -0.2) is 16.9 Å². The molecule has 0 aliphatic rings. The maximum atomic E-state index is 14.5. The number of nitrogens with zero attached hydrogens (tertiary/aromatic N) is 2. The molecule has 1 amide bonds. The second-order valence-corrected chi connectivity index (χ2v) is 5.99. The van der Waals surface area contributed by atoms with Crippen molar-refractivity contribution in [1.82, 2.24) is 4.98 Å². The molecule has 0 radical (unpaired) electrons. The summed E-state index contributed by atoms with van der Waals surface area (Å²) in [6.07, 6.45) is 1.47. The van der Waals surface area contributed by atoms with Crippen molar-refractivity contribution in [2.75, 3.05) is 0 Å². The van der Waals surface area contributed by atoms with E-state index in [0.29, 0.717) is 27.6 Å². The van der Waals surface area contributed by atoms with Crippen LogP contribution in [0.5, 0.6) is 0 Å². The van der Waals surface area contributed by atoms with Crippen LogP contribution in [0.3, 0.4) is 0 Å². The quantitative estimate of drug-likeness (QED) is 0.546. The van der Waals surface area contributed by atoms with Crippen molar-refractivity contribution in [2.45, 2.75) is 13.8 Å². The topological polar surface area (TPSA) is 94.4 Å². The van der Waals surface area contributed by atoms with Crippen LogP contribution in [0.25, 0.3) is 22.0 Å². The van der Waals surface area contributed by atoms with E-state index in [4.69, 9.17) is 11.5 Å². The molecular formula is C19H16F2N4O. The summed E-state index contributed by atoms with van der Waals surface area (Å²) in [5.41, 5.74) is 12.5. The highest BCUT2D eigenvalue weighted by atomic mass is 19.1. The zero-order chi connectivity index (χ0) is 19.0. The van der Waals surface area contributed by atoms with Gasteiger partial charge in [-0.2, -0.15) is 4.99 Å². The molecule has 0 saturated heterocycles. The van der Waals surface area contributed by atoms with Gasteiger partial charge in [-0.3, -0.25) is 9.78 Å². The number of benzene rings is 2. The maximum Gasteiger partial charge on any atom is 0.280 e. The van der Waals surface area contributed by atoms with Crippen LogP contribution < -0.4 is 11.5 Å². The molecule has 5 nitrogen and oxygen atoms in total. The Morgan fingerprint density at radius 2 is 1.73 bits per heavy atom.